The van der Waals surface area contributed by atoms with Gasteiger partial charge in [-0.1, -0.05) is 97.1 Å². The van der Waals surface area contributed by atoms with Crippen molar-refractivity contribution in [3.63, 3.8) is 0 Å². The molecule has 0 N–H and O–H groups in total. The largest absolute Gasteiger partial charge is 0.455 e. The van der Waals surface area contributed by atoms with E-state index in [0.29, 0.717) is 0 Å². The van der Waals surface area contributed by atoms with Crippen LogP contribution in [0.25, 0.3) is 80.4 Å². The van der Waals surface area contributed by atoms with E-state index in [1.54, 1.807) is 0 Å². The maximum absolute atomic E-state index is 6.70. The van der Waals surface area contributed by atoms with Crippen molar-refractivity contribution < 1.29 is 4.42 Å². The molecule has 0 unspecified atom stereocenters. The van der Waals surface area contributed by atoms with Crippen LogP contribution in [-0.4, -0.2) is 4.57 Å². The fourth-order valence-corrected chi connectivity index (χ4v) is 9.04. The number of benzene rings is 8. The third-order valence-corrected chi connectivity index (χ3v) is 11.3. The molecule has 0 aliphatic rings. The average molecular weight is 657 g/mol. The lowest BCUT2D eigenvalue weighted by molar-refractivity contribution is 0.672. The molecule has 11 aromatic rings. The summed E-state index contributed by atoms with van der Waals surface area (Å²) in [5.41, 5.74) is 8.56. The number of para-hydroxylation sites is 2. The Kier molecular flexibility index (Phi) is 5.83. The maximum Gasteiger partial charge on any atom is 0.143 e. The van der Waals surface area contributed by atoms with Crippen molar-refractivity contribution in [3.8, 4) is 5.69 Å². The van der Waals surface area contributed by atoms with E-state index in [9.17, 15) is 0 Å². The maximum atomic E-state index is 6.70. The summed E-state index contributed by atoms with van der Waals surface area (Å²) in [4.78, 5) is 2.42. The minimum absolute atomic E-state index is 0.875. The molecule has 0 amide bonds. The van der Waals surface area contributed by atoms with Crippen LogP contribution < -0.4 is 4.90 Å². The van der Waals surface area contributed by atoms with Crippen LogP contribution in [0.5, 0.6) is 0 Å². The van der Waals surface area contributed by atoms with Crippen molar-refractivity contribution in [1.29, 1.82) is 0 Å². The van der Waals surface area contributed by atoms with Crippen LogP contribution >= 0.6 is 11.3 Å². The van der Waals surface area contributed by atoms with Gasteiger partial charge in [0.05, 0.1) is 22.1 Å². The van der Waals surface area contributed by atoms with E-state index < -0.39 is 0 Å². The van der Waals surface area contributed by atoms with Gasteiger partial charge >= 0.3 is 0 Å². The van der Waals surface area contributed by atoms with Gasteiger partial charge < -0.3 is 13.9 Å². The average Bonchev–Trinajstić information content (AvgIpc) is 3.85. The van der Waals surface area contributed by atoms with E-state index in [2.05, 4.69) is 179 Å². The van der Waals surface area contributed by atoms with Crippen molar-refractivity contribution in [1.82, 2.24) is 4.57 Å². The molecule has 0 aliphatic heterocycles. The van der Waals surface area contributed by atoms with Crippen LogP contribution in [0.2, 0.25) is 0 Å². The van der Waals surface area contributed by atoms with E-state index in [4.69, 9.17) is 4.42 Å². The van der Waals surface area contributed by atoms with E-state index >= 15 is 0 Å². The first-order valence-corrected chi connectivity index (χ1v) is 17.7. The molecule has 0 saturated heterocycles. The lowest BCUT2D eigenvalue weighted by Gasteiger charge is -2.26. The van der Waals surface area contributed by atoms with Crippen molar-refractivity contribution in [2.45, 2.75) is 0 Å². The molecule has 0 fully saturated rings. The van der Waals surface area contributed by atoms with E-state index in [0.717, 1.165) is 55.6 Å². The highest BCUT2D eigenvalue weighted by atomic mass is 32.1. The predicted molar refractivity (Wildman–Crippen MR) is 213 cm³/mol. The molecule has 50 heavy (non-hydrogen) atoms. The fourth-order valence-electron chi connectivity index (χ4n) is 7.96. The molecule has 4 heteroatoms. The summed E-state index contributed by atoms with van der Waals surface area (Å²) in [5.74, 6) is 0. The first kappa shape index (κ1) is 27.6. The van der Waals surface area contributed by atoms with Gasteiger partial charge in [-0.15, -0.1) is 11.3 Å². The van der Waals surface area contributed by atoms with Crippen LogP contribution in [0.1, 0.15) is 0 Å². The Morgan fingerprint density at radius 1 is 0.460 bits per heavy atom. The molecule has 0 radical (unpaired) electrons. The second-order valence-corrected chi connectivity index (χ2v) is 14.0. The number of fused-ring (bicyclic) bond motifs is 11. The molecule has 0 saturated carbocycles. The molecule has 0 aliphatic carbocycles. The summed E-state index contributed by atoms with van der Waals surface area (Å²) in [6, 6.07) is 61.3. The number of thiophene rings is 1. The fraction of sp³-hybridized carbons (Fsp3) is 0. The monoisotopic (exact) mass is 656 g/mol. The standard InChI is InChI=1S/C46H28N2OS/c1-2-12-30(13-3-1)48-39-17-8-6-15-34(39)35-25-22-32(28-41(35)48)47(31-23-26-44-38(27-31)36-16-7-9-20-43(36)50-44)40-18-10-19-42-45(40)37-24-21-29-11-4-5-14-33(29)46(37)49-42/h1-28H. The summed E-state index contributed by atoms with van der Waals surface area (Å²) in [6.45, 7) is 0. The Morgan fingerprint density at radius 3 is 2.08 bits per heavy atom. The second-order valence-electron chi connectivity index (χ2n) is 12.9. The first-order valence-electron chi connectivity index (χ1n) is 16.9. The smallest absolute Gasteiger partial charge is 0.143 e. The number of hydrogen-bond acceptors (Lipinski definition) is 3. The van der Waals surface area contributed by atoms with Gasteiger partial charge in [0.25, 0.3) is 0 Å². The molecule has 0 spiro atoms. The van der Waals surface area contributed by atoms with Gasteiger partial charge in [-0.3, -0.25) is 0 Å². The van der Waals surface area contributed by atoms with Gasteiger partial charge in [-0.25, -0.2) is 0 Å². The summed E-state index contributed by atoms with van der Waals surface area (Å²) < 4.78 is 11.7. The van der Waals surface area contributed by atoms with Crippen LogP contribution in [-0.2, 0) is 0 Å². The molecule has 0 bridgehead atoms. The van der Waals surface area contributed by atoms with Gasteiger partial charge in [0.1, 0.15) is 11.2 Å². The Balaban J connectivity index is 1.24. The SMILES string of the molecule is c1ccc(-n2c3ccccc3c3ccc(N(c4ccc5sc6ccccc6c5c4)c4cccc5oc6c7ccccc7ccc6c45)cc32)cc1. The number of hydrogen-bond donors (Lipinski definition) is 0. The van der Waals surface area contributed by atoms with Crippen LogP contribution in [0, 0.1) is 0 Å². The molecule has 11 rings (SSSR count). The van der Waals surface area contributed by atoms with Crippen molar-refractivity contribution in [2.75, 3.05) is 4.90 Å². The highest BCUT2D eigenvalue weighted by molar-refractivity contribution is 7.25. The van der Waals surface area contributed by atoms with Gasteiger partial charge in [-0.2, -0.15) is 0 Å². The summed E-state index contributed by atoms with van der Waals surface area (Å²) in [7, 11) is 0. The summed E-state index contributed by atoms with van der Waals surface area (Å²) in [5, 5.41) is 9.53. The number of nitrogens with zero attached hydrogens (tertiary/aromatic N) is 2. The molecule has 0 atom stereocenters. The van der Waals surface area contributed by atoms with Crippen molar-refractivity contribution >= 4 is 103 Å². The zero-order valence-corrected chi connectivity index (χ0v) is 27.7. The molecule has 3 nitrogen and oxygen atoms in total. The number of aromatic nitrogens is 1. The topological polar surface area (TPSA) is 21.3 Å². The number of rotatable bonds is 4. The van der Waals surface area contributed by atoms with Crippen LogP contribution in [0.4, 0.5) is 17.1 Å². The lowest BCUT2D eigenvalue weighted by atomic mass is 10.0. The lowest BCUT2D eigenvalue weighted by Crippen LogP contribution is -2.10. The number of furan rings is 1. The first-order chi connectivity index (χ1) is 24.8. The highest BCUT2D eigenvalue weighted by Gasteiger charge is 2.22. The van der Waals surface area contributed by atoms with Gasteiger partial charge in [0.2, 0.25) is 0 Å². The summed E-state index contributed by atoms with van der Waals surface area (Å²) >= 11 is 1.85. The second kappa shape index (κ2) is 10.6. The Bertz CT molecular complexity index is 3110. The van der Waals surface area contributed by atoms with E-state index in [1.807, 2.05) is 11.3 Å². The van der Waals surface area contributed by atoms with Crippen molar-refractivity contribution in [2.24, 2.45) is 0 Å². The minimum atomic E-state index is 0.875. The quantitative estimate of drug-likeness (QED) is 0.188. The Labute approximate surface area is 291 Å². The van der Waals surface area contributed by atoms with E-state index in [1.165, 1.54) is 41.8 Å². The van der Waals surface area contributed by atoms with Gasteiger partial charge in [-0.05, 0) is 78.2 Å². The van der Waals surface area contributed by atoms with Gasteiger partial charge in [0, 0.05) is 58.8 Å². The number of anilines is 3. The molecule has 234 valence electrons. The normalized spacial score (nSPS) is 12.0. The third-order valence-electron chi connectivity index (χ3n) is 10.2. The van der Waals surface area contributed by atoms with Crippen LogP contribution in [0.3, 0.4) is 0 Å². The molecular formula is C46H28N2OS. The zero-order valence-electron chi connectivity index (χ0n) is 26.9. The van der Waals surface area contributed by atoms with Crippen LogP contribution in [0.15, 0.2) is 174 Å². The molecular weight excluding hydrogens is 629 g/mol. The summed E-state index contributed by atoms with van der Waals surface area (Å²) in [6.07, 6.45) is 0. The van der Waals surface area contributed by atoms with Gasteiger partial charge in [0.15, 0.2) is 0 Å². The Hall–Kier alpha value is -6.36. The Morgan fingerprint density at radius 2 is 1.16 bits per heavy atom. The zero-order chi connectivity index (χ0) is 32.8. The molecule has 8 aromatic carbocycles. The predicted octanol–water partition coefficient (Wildman–Crippen LogP) is 13.7. The van der Waals surface area contributed by atoms with E-state index in [-0.39, 0.29) is 0 Å². The third kappa shape index (κ3) is 3.97. The highest BCUT2D eigenvalue weighted by Crippen LogP contribution is 2.47. The van der Waals surface area contributed by atoms with Crippen molar-refractivity contribution in [3.05, 3.63) is 170 Å². The minimum Gasteiger partial charge on any atom is -0.455 e. The molecule has 3 heterocycles. The molecule has 3 aromatic heterocycles.